The maximum Gasteiger partial charge on any atom is 0.0177 e. The van der Waals surface area contributed by atoms with E-state index < -0.39 is 0 Å². The molecule has 0 bridgehead atoms. The maximum atomic E-state index is 3.40. The van der Waals surface area contributed by atoms with Crippen molar-refractivity contribution in [3.05, 3.63) is 35.9 Å². The van der Waals surface area contributed by atoms with Gasteiger partial charge in [0.05, 0.1) is 0 Å². The molecule has 2 heteroatoms. The summed E-state index contributed by atoms with van der Waals surface area (Å²) in [6.07, 6.45) is 2.72. The number of benzene rings is 1. The summed E-state index contributed by atoms with van der Waals surface area (Å²) in [5.41, 5.74) is 1.64. The summed E-state index contributed by atoms with van der Waals surface area (Å²) in [6, 6.07) is 11.7. The minimum absolute atomic E-state index is 0.188. The molecule has 2 rings (SSSR count). The number of rotatable bonds is 6. The molecule has 0 radical (unpaired) electrons. The normalized spacial score (nSPS) is 23.1. The van der Waals surface area contributed by atoms with E-state index in [0.717, 1.165) is 25.0 Å². The fourth-order valence-electron chi connectivity index (χ4n) is 3.73. The molecule has 1 fully saturated rings. The lowest BCUT2D eigenvalue weighted by molar-refractivity contribution is 0.165. The Hall–Kier alpha value is -0.860. The number of likely N-dealkylation sites (N-methyl/N-ethyl adjacent to an activating group) is 1. The summed E-state index contributed by atoms with van der Waals surface area (Å²) < 4.78 is 0. The fraction of sp³-hybridized carbons (Fsp3) is 0.667. The summed E-state index contributed by atoms with van der Waals surface area (Å²) in [5.74, 6) is 0.757. The number of hydrogen-bond acceptors (Lipinski definition) is 2. The van der Waals surface area contributed by atoms with E-state index in [2.05, 4.69) is 68.4 Å². The lowest BCUT2D eigenvalue weighted by Gasteiger charge is -2.38. The average Bonchev–Trinajstić information content (AvgIpc) is 2.88. The van der Waals surface area contributed by atoms with E-state index in [1.165, 1.54) is 24.9 Å². The molecular weight excluding hydrogens is 244 g/mol. The second-order valence-electron chi connectivity index (χ2n) is 6.88. The Morgan fingerprint density at radius 2 is 2.00 bits per heavy atom. The van der Waals surface area contributed by atoms with Gasteiger partial charge in [0.2, 0.25) is 0 Å². The van der Waals surface area contributed by atoms with Crippen LogP contribution in [0.15, 0.2) is 30.3 Å². The molecule has 1 aliphatic rings. The van der Waals surface area contributed by atoms with Gasteiger partial charge in [0.15, 0.2) is 0 Å². The minimum Gasteiger partial charge on any atom is -0.319 e. The van der Waals surface area contributed by atoms with Gasteiger partial charge in [0.1, 0.15) is 0 Å². The molecule has 0 aliphatic carbocycles. The van der Waals surface area contributed by atoms with Gasteiger partial charge in [-0.1, -0.05) is 51.1 Å². The Morgan fingerprint density at radius 3 is 2.60 bits per heavy atom. The average molecular weight is 274 g/mol. The number of likely N-dealkylation sites (tertiary alicyclic amines) is 1. The first kappa shape index (κ1) is 15.5. The van der Waals surface area contributed by atoms with Gasteiger partial charge in [-0.05, 0) is 37.9 Å². The van der Waals surface area contributed by atoms with Gasteiger partial charge in [-0.2, -0.15) is 0 Å². The van der Waals surface area contributed by atoms with E-state index in [0.29, 0.717) is 0 Å². The first-order valence-corrected chi connectivity index (χ1v) is 8.01. The van der Waals surface area contributed by atoms with E-state index in [-0.39, 0.29) is 5.41 Å². The Balaban J connectivity index is 2.17. The highest BCUT2D eigenvalue weighted by Crippen LogP contribution is 2.30. The molecule has 1 aromatic carbocycles. The smallest absolute Gasteiger partial charge is 0.0177 e. The predicted molar refractivity (Wildman–Crippen MR) is 87.2 cm³/mol. The number of nitrogens with zero attached hydrogens (tertiary/aromatic N) is 1. The molecule has 2 nitrogen and oxygen atoms in total. The molecule has 112 valence electrons. The van der Waals surface area contributed by atoms with Gasteiger partial charge in [-0.3, -0.25) is 4.90 Å². The molecule has 0 saturated carbocycles. The van der Waals surface area contributed by atoms with Crippen LogP contribution in [0, 0.1) is 5.92 Å². The second kappa shape index (κ2) is 6.73. The lowest BCUT2D eigenvalue weighted by Crippen LogP contribution is -2.47. The first-order chi connectivity index (χ1) is 9.57. The quantitative estimate of drug-likeness (QED) is 0.856. The van der Waals surface area contributed by atoms with E-state index in [1.807, 2.05) is 0 Å². The predicted octanol–water partition coefficient (Wildman–Crippen LogP) is 3.28. The molecule has 0 spiro atoms. The van der Waals surface area contributed by atoms with Crippen molar-refractivity contribution in [3.8, 4) is 0 Å². The Kier molecular flexibility index (Phi) is 5.22. The zero-order valence-electron chi connectivity index (χ0n) is 13.5. The van der Waals surface area contributed by atoms with E-state index in [1.54, 1.807) is 0 Å². The zero-order chi connectivity index (χ0) is 14.6. The highest BCUT2D eigenvalue weighted by Gasteiger charge is 2.34. The van der Waals surface area contributed by atoms with Crippen LogP contribution in [0.25, 0.3) is 0 Å². The summed E-state index contributed by atoms with van der Waals surface area (Å²) in [6.45, 7) is 10.6. The number of nitrogens with one attached hydrogen (secondary N) is 1. The molecule has 1 heterocycles. The van der Waals surface area contributed by atoms with Crippen molar-refractivity contribution in [2.24, 2.45) is 5.92 Å². The van der Waals surface area contributed by atoms with Crippen LogP contribution in [-0.2, 0) is 5.41 Å². The number of hydrogen-bond donors (Lipinski definition) is 1. The van der Waals surface area contributed by atoms with Gasteiger partial charge >= 0.3 is 0 Å². The Bertz CT molecular complexity index is 401. The largest absolute Gasteiger partial charge is 0.319 e. The minimum atomic E-state index is 0.188. The third kappa shape index (κ3) is 3.42. The summed E-state index contributed by atoms with van der Waals surface area (Å²) >= 11 is 0. The molecule has 1 N–H and O–H groups in total. The highest BCUT2D eigenvalue weighted by molar-refractivity contribution is 5.26. The molecular formula is C18H30N2. The van der Waals surface area contributed by atoms with Crippen LogP contribution >= 0.6 is 0 Å². The van der Waals surface area contributed by atoms with Crippen LogP contribution in [0.2, 0.25) is 0 Å². The van der Waals surface area contributed by atoms with Crippen molar-refractivity contribution >= 4 is 0 Å². The van der Waals surface area contributed by atoms with E-state index in [4.69, 9.17) is 0 Å². The molecule has 1 aromatic rings. The van der Waals surface area contributed by atoms with Crippen LogP contribution in [0.5, 0.6) is 0 Å². The van der Waals surface area contributed by atoms with Crippen molar-refractivity contribution in [1.29, 1.82) is 0 Å². The fourth-order valence-corrected chi connectivity index (χ4v) is 3.73. The lowest BCUT2D eigenvalue weighted by atomic mass is 9.81. The molecule has 0 amide bonds. The van der Waals surface area contributed by atoms with Crippen molar-refractivity contribution in [3.63, 3.8) is 0 Å². The summed E-state index contributed by atoms with van der Waals surface area (Å²) in [5, 5.41) is 3.40. The monoisotopic (exact) mass is 274 g/mol. The van der Waals surface area contributed by atoms with Crippen LogP contribution in [0.1, 0.15) is 39.2 Å². The third-order valence-electron chi connectivity index (χ3n) is 4.77. The molecule has 2 unspecified atom stereocenters. The highest BCUT2D eigenvalue weighted by atomic mass is 15.2. The zero-order valence-corrected chi connectivity index (χ0v) is 13.5. The summed E-state index contributed by atoms with van der Waals surface area (Å²) in [4.78, 5) is 2.72. The van der Waals surface area contributed by atoms with Gasteiger partial charge in [-0.15, -0.1) is 0 Å². The first-order valence-electron chi connectivity index (χ1n) is 8.01. The van der Waals surface area contributed by atoms with Gasteiger partial charge in [-0.25, -0.2) is 0 Å². The third-order valence-corrected chi connectivity index (χ3v) is 4.77. The van der Waals surface area contributed by atoms with Crippen molar-refractivity contribution < 1.29 is 0 Å². The molecule has 2 atom stereocenters. The van der Waals surface area contributed by atoms with Crippen LogP contribution in [0.3, 0.4) is 0 Å². The molecule has 1 saturated heterocycles. The van der Waals surface area contributed by atoms with E-state index >= 15 is 0 Å². The van der Waals surface area contributed by atoms with E-state index in [9.17, 15) is 0 Å². The van der Waals surface area contributed by atoms with Gasteiger partial charge < -0.3 is 5.32 Å². The SMILES string of the molecule is CNCC(C)(CN1CCCC1C(C)C)c1ccccc1. The standard InChI is InChI=1S/C18H30N2/c1-15(2)17-11-8-12-20(17)14-18(3,13-19-4)16-9-6-5-7-10-16/h5-7,9-10,15,17,19H,8,11-14H2,1-4H3. The molecule has 0 aromatic heterocycles. The van der Waals surface area contributed by atoms with Gasteiger partial charge in [0.25, 0.3) is 0 Å². The Morgan fingerprint density at radius 1 is 1.30 bits per heavy atom. The van der Waals surface area contributed by atoms with Crippen LogP contribution in [0.4, 0.5) is 0 Å². The van der Waals surface area contributed by atoms with Crippen molar-refractivity contribution in [2.45, 2.75) is 45.1 Å². The maximum absolute atomic E-state index is 3.40. The van der Waals surface area contributed by atoms with Gasteiger partial charge in [0, 0.05) is 24.5 Å². The topological polar surface area (TPSA) is 15.3 Å². The van der Waals surface area contributed by atoms with Crippen LogP contribution < -0.4 is 5.32 Å². The molecule has 1 aliphatic heterocycles. The Labute approximate surface area is 124 Å². The molecule has 20 heavy (non-hydrogen) atoms. The summed E-state index contributed by atoms with van der Waals surface area (Å²) in [7, 11) is 2.06. The van der Waals surface area contributed by atoms with Crippen molar-refractivity contribution in [2.75, 3.05) is 26.7 Å². The van der Waals surface area contributed by atoms with Crippen LogP contribution in [-0.4, -0.2) is 37.6 Å². The second-order valence-corrected chi connectivity index (χ2v) is 6.88. The van der Waals surface area contributed by atoms with Crippen molar-refractivity contribution in [1.82, 2.24) is 10.2 Å².